The van der Waals surface area contributed by atoms with Crippen molar-refractivity contribution in [3.05, 3.63) is 11.8 Å². The van der Waals surface area contributed by atoms with Crippen molar-refractivity contribution in [2.24, 2.45) is 11.8 Å². The molecule has 2 heterocycles. The van der Waals surface area contributed by atoms with Gasteiger partial charge in [-0.3, -0.25) is 9.69 Å². The van der Waals surface area contributed by atoms with Crippen molar-refractivity contribution in [1.82, 2.24) is 20.0 Å². The smallest absolute Gasteiger partial charge is 0.240 e. The molecule has 0 radical (unpaired) electrons. The predicted octanol–water partition coefficient (Wildman–Crippen LogP) is 2.41. The zero-order chi connectivity index (χ0) is 17.8. The summed E-state index contributed by atoms with van der Waals surface area (Å²) in [6, 6.07) is -0.0689. The van der Waals surface area contributed by atoms with Crippen molar-refractivity contribution >= 4 is 5.91 Å². The molecule has 25 heavy (non-hydrogen) atoms. The van der Waals surface area contributed by atoms with Crippen LogP contribution in [0.15, 0.2) is 4.42 Å². The molecule has 4 rings (SSSR count). The summed E-state index contributed by atoms with van der Waals surface area (Å²) in [5.74, 6) is 3.08. The lowest BCUT2D eigenvalue weighted by Gasteiger charge is -2.32. The number of aromatic nitrogens is 2. The lowest BCUT2D eigenvalue weighted by Crippen LogP contribution is -2.48. The van der Waals surface area contributed by atoms with E-state index < -0.39 is 0 Å². The molecule has 1 amide bonds. The van der Waals surface area contributed by atoms with E-state index in [-0.39, 0.29) is 17.4 Å². The van der Waals surface area contributed by atoms with Gasteiger partial charge in [-0.25, -0.2) is 0 Å². The van der Waals surface area contributed by atoms with Gasteiger partial charge in [0.1, 0.15) is 0 Å². The fourth-order valence-electron chi connectivity index (χ4n) is 5.03. The minimum atomic E-state index is -0.107. The lowest BCUT2D eigenvalue weighted by molar-refractivity contribution is -0.137. The molecule has 0 bridgehead atoms. The molecule has 138 valence electrons. The summed E-state index contributed by atoms with van der Waals surface area (Å²) in [5.41, 5.74) is -0.107. The normalized spacial score (nSPS) is 30.3. The highest BCUT2D eigenvalue weighted by molar-refractivity contribution is 5.82. The third-order valence-corrected chi connectivity index (χ3v) is 6.42. The van der Waals surface area contributed by atoms with Gasteiger partial charge in [-0.2, -0.15) is 0 Å². The first-order valence-corrected chi connectivity index (χ1v) is 9.71. The molecular weight excluding hydrogens is 316 g/mol. The number of amides is 1. The molecule has 2 saturated carbocycles. The van der Waals surface area contributed by atoms with E-state index in [0.717, 1.165) is 37.7 Å². The Morgan fingerprint density at radius 3 is 2.68 bits per heavy atom. The molecule has 2 aliphatic carbocycles. The van der Waals surface area contributed by atoms with E-state index in [1.54, 1.807) is 0 Å². The second-order valence-corrected chi connectivity index (χ2v) is 8.84. The summed E-state index contributed by atoms with van der Waals surface area (Å²) in [4.78, 5) is 17.3. The molecule has 0 unspecified atom stereocenters. The average molecular weight is 346 g/mol. The maximum atomic E-state index is 13.2. The third-order valence-electron chi connectivity index (χ3n) is 6.42. The van der Waals surface area contributed by atoms with Crippen LogP contribution in [0.2, 0.25) is 0 Å². The van der Waals surface area contributed by atoms with E-state index in [0.29, 0.717) is 17.8 Å². The molecule has 1 aromatic heterocycles. The van der Waals surface area contributed by atoms with Gasteiger partial charge >= 0.3 is 0 Å². The van der Waals surface area contributed by atoms with Gasteiger partial charge in [-0.15, -0.1) is 10.2 Å². The Hall–Kier alpha value is -1.43. The number of hydrogen-bond acceptors (Lipinski definition) is 5. The van der Waals surface area contributed by atoms with Gasteiger partial charge in [-0.05, 0) is 51.6 Å². The van der Waals surface area contributed by atoms with Crippen LogP contribution in [-0.4, -0.2) is 59.1 Å². The third kappa shape index (κ3) is 2.78. The van der Waals surface area contributed by atoms with E-state index >= 15 is 0 Å². The first-order valence-electron chi connectivity index (χ1n) is 9.71. The van der Waals surface area contributed by atoms with Crippen LogP contribution in [0.1, 0.15) is 63.7 Å². The molecule has 0 N–H and O–H groups in total. The average Bonchev–Trinajstić information content (AvgIpc) is 2.97. The number of nitrogens with zero attached hydrogens (tertiary/aromatic N) is 4. The minimum Gasteiger partial charge on any atom is -0.424 e. The van der Waals surface area contributed by atoms with Crippen LogP contribution in [0.5, 0.6) is 0 Å². The van der Waals surface area contributed by atoms with Crippen molar-refractivity contribution in [2.45, 2.75) is 63.3 Å². The first-order chi connectivity index (χ1) is 11.9. The van der Waals surface area contributed by atoms with Crippen LogP contribution in [0, 0.1) is 11.8 Å². The van der Waals surface area contributed by atoms with Crippen molar-refractivity contribution < 1.29 is 9.21 Å². The summed E-state index contributed by atoms with van der Waals surface area (Å²) in [5, 5.41) is 8.75. The maximum absolute atomic E-state index is 13.2. The SMILES string of the molecule is CC(C)[C@@H](C(=O)N1C[C@@H]2CCC[C@]2(c2nnc(C3CC3)o2)C1)N(C)C. The summed E-state index contributed by atoms with van der Waals surface area (Å²) >= 11 is 0. The molecule has 3 aliphatic rings. The van der Waals surface area contributed by atoms with Crippen molar-refractivity contribution in [1.29, 1.82) is 0 Å². The Morgan fingerprint density at radius 1 is 1.28 bits per heavy atom. The number of likely N-dealkylation sites (N-methyl/N-ethyl adjacent to an activating group) is 1. The molecule has 6 heteroatoms. The maximum Gasteiger partial charge on any atom is 0.240 e. The number of carbonyl (C=O) groups excluding carboxylic acids is 1. The molecule has 3 atom stereocenters. The van der Waals surface area contributed by atoms with Gasteiger partial charge in [0.25, 0.3) is 0 Å². The van der Waals surface area contributed by atoms with E-state index in [9.17, 15) is 4.79 Å². The second-order valence-electron chi connectivity index (χ2n) is 8.84. The van der Waals surface area contributed by atoms with E-state index in [1.807, 2.05) is 19.0 Å². The Labute approximate surface area is 150 Å². The van der Waals surface area contributed by atoms with Crippen LogP contribution < -0.4 is 0 Å². The number of fused-ring (bicyclic) bond motifs is 1. The van der Waals surface area contributed by atoms with Gasteiger partial charge < -0.3 is 9.32 Å². The zero-order valence-corrected chi connectivity index (χ0v) is 15.9. The molecule has 6 nitrogen and oxygen atoms in total. The highest BCUT2D eigenvalue weighted by atomic mass is 16.4. The lowest BCUT2D eigenvalue weighted by atomic mass is 9.80. The van der Waals surface area contributed by atoms with Crippen molar-refractivity contribution in [2.75, 3.05) is 27.2 Å². The van der Waals surface area contributed by atoms with Gasteiger partial charge in [0, 0.05) is 19.0 Å². The van der Waals surface area contributed by atoms with Crippen LogP contribution in [0.25, 0.3) is 0 Å². The molecule has 1 saturated heterocycles. The number of hydrogen-bond donors (Lipinski definition) is 0. The molecule has 1 aromatic rings. The fraction of sp³-hybridized carbons (Fsp3) is 0.842. The Balaban J connectivity index is 1.57. The van der Waals surface area contributed by atoms with Crippen molar-refractivity contribution in [3.8, 4) is 0 Å². The highest BCUT2D eigenvalue weighted by Gasteiger charge is 2.56. The van der Waals surface area contributed by atoms with Gasteiger partial charge in [0.2, 0.25) is 17.7 Å². The number of carbonyl (C=O) groups is 1. The van der Waals surface area contributed by atoms with Gasteiger partial charge in [0.15, 0.2) is 0 Å². The van der Waals surface area contributed by atoms with Crippen LogP contribution in [0.4, 0.5) is 0 Å². The second kappa shape index (κ2) is 6.08. The van der Waals surface area contributed by atoms with E-state index in [1.165, 1.54) is 19.3 Å². The molecular formula is C19H30N4O2. The highest BCUT2D eigenvalue weighted by Crippen LogP contribution is 2.51. The van der Waals surface area contributed by atoms with Crippen molar-refractivity contribution in [3.63, 3.8) is 0 Å². The van der Waals surface area contributed by atoms with Crippen LogP contribution >= 0.6 is 0 Å². The largest absolute Gasteiger partial charge is 0.424 e. The van der Waals surface area contributed by atoms with Crippen LogP contribution in [-0.2, 0) is 10.2 Å². The molecule has 1 aliphatic heterocycles. The summed E-state index contributed by atoms with van der Waals surface area (Å²) < 4.78 is 6.11. The standard InChI is InChI=1S/C19H30N4O2/c1-12(2)15(22(3)4)17(24)23-10-14-6-5-9-19(14,11-23)18-21-20-16(25-18)13-7-8-13/h12-15H,5-11H2,1-4H3/t14-,15-,19-/m0/s1. The fourth-order valence-corrected chi connectivity index (χ4v) is 5.03. The topological polar surface area (TPSA) is 62.5 Å². The summed E-state index contributed by atoms with van der Waals surface area (Å²) in [7, 11) is 3.99. The Kier molecular flexibility index (Phi) is 4.13. The molecule has 0 aromatic carbocycles. The predicted molar refractivity (Wildman–Crippen MR) is 94.2 cm³/mol. The summed E-state index contributed by atoms with van der Waals surface area (Å²) in [6.07, 6.45) is 5.74. The van der Waals surface area contributed by atoms with E-state index in [2.05, 4.69) is 28.9 Å². The van der Waals surface area contributed by atoms with Gasteiger partial charge in [-0.1, -0.05) is 20.3 Å². The van der Waals surface area contributed by atoms with E-state index in [4.69, 9.17) is 4.42 Å². The van der Waals surface area contributed by atoms with Crippen LogP contribution in [0.3, 0.4) is 0 Å². The summed E-state index contributed by atoms with van der Waals surface area (Å²) in [6.45, 7) is 5.81. The number of likely N-dealkylation sites (tertiary alicyclic amines) is 1. The zero-order valence-electron chi connectivity index (χ0n) is 15.9. The Bertz CT molecular complexity index is 644. The quantitative estimate of drug-likeness (QED) is 0.819. The molecule has 0 spiro atoms. The minimum absolute atomic E-state index is 0.0689. The first kappa shape index (κ1) is 17.0. The van der Waals surface area contributed by atoms with Gasteiger partial charge in [0.05, 0.1) is 11.5 Å². The number of rotatable bonds is 5. The molecule has 3 fully saturated rings. The Morgan fingerprint density at radius 2 is 2.04 bits per heavy atom. The monoisotopic (exact) mass is 346 g/mol.